The molecular formula is C18H16F3NO4. The van der Waals surface area contributed by atoms with Crippen molar-refractivity contribution in [3.05, 3.63) is 59.7 Å². The number of methoxy groups -OCH3 is 1. The van der Waals surface area contributed by atoms with Gasteiger partial charge in [0.05, 0.1) is 18.2 Å². The summed E-state index contributed by atoms with van der Waals surface area (Å²) < 4.78 is 48.1. The molecule has 2 aromatic carbocycles. The fraction of sp³-hybridized carbons (Fsp3) is 0.222. The molecule has 138 valence electrons. The summed E-state index contributed by atoms with van der Waals surface area (Å²) in [5.41, 5.74) is -0.722. The summed E-state index contributed by atoms with van der Waals surface area (Å²) in [6, 6.07) is 10.2. The molecule has 0 fully saturated rings. The van der Waals surface area contributed by atoms with E-state index in [1.54, 1.807) is 12.1 Å². The molecule has 0 aliphatic rings. The van der Waals surface area contributed by atoms with Gasteiger partial charge in [-0.3, -0.25) is 4.79 Å². The van der Waals surface area contributed by atoms with E-state index in [-0.39, 0.29) is 11.3 Å². The van der Waals surface area contributed by atoms with Crippen LogP contribution in [0.3, 0.4) is 0 Å². The van der Waals surface area contributed by atoms with Gasteiger partial charge in [0.15, 0.2) is 6.10 Å². The topological polar surface area (TPSA) is 64.6 Å². The van der Waals surface area contributed by atoms with Gasteiger partial charge in [-0.15, -0.1) is 0 Å². The number of rotatable bonds is 5. The van der Waals surface area contributed by atoms with Gasteiger partial charge < -0.3 is 14.8 Å². The molecular weight excluding hydrogens is 351 g/mol. The molecule has 26 heavy (non-hydrogen) atoms. The summed E-state index contributed by atoms with van der Waals surface area (Å²) in [4.78, 5) is 24.1. The Bertz CT molecular complexity index is 788. The number of esters is 1. The fourth-order valence-electron chi connectivity index (χ4n) is 2.03. The van der Waals surface area contributed by atoms with E-state index in [1.807, 2.05) is 0 Å². The highest BCUT2D eigenvalue weighted by Gasteiger charge is 2.30. The van der Waals surface area contributed by atoms with Crippen LogP contribution in [0.25, 0.3) is 0 Å². The number of hydrogen-bond acceptors (Lipinski definition) is 4. The van der Waals surface area contributed by atoms with Gasteiger partial charge in [0, 0.05) is 5.69 Å². The predicted octanol–water partition coefficient (Wildman–Crippen LogP) is 3.90. The third-order valence-corrected chi connectivity index (χ3v) is 3.44. The molecule has 2 aromatic rings. The van der Waals surface area contributed by atoms with Crippen LogP contribution in [-0.2, 0) is 15.7 Å². The lowest BCUT2D eigenvalue weighted by molar-refractivity contribution is -0.137. The molecule has 0 saturated heterocycles. The first kappa shape index (κ1) is 19.3. The minimum absolute atomic E-state index is 0.0443. The molecule has 2 rings (SSSR count). The molecule has 0 radical (unpaired) electrons. The minimum Gasteiger partial charge on any atom is -0.497 e. The van der Waals surface area contributed by atoms with Crippen LogP contribution in [-0.4, -0.2) is 25.1 Å². The van der Waals surface area contributed by atoms with Gasteiger partial charge in [-0.05, 0) is 49.4 Å². The van der Waals surface area contributed by atoms with E-state index >= 15 is 0 Å². The third-order valence-electron chi connectivity index (χ3n) is 3.44. The van der Waals surface area contributed by atoms with Crippen LogP contribution in [0.4, 0.5) is 18.9 Å². The zero-order valence-electron chi connectivity index (χ0n) is 14.0. The molecule has 5 nitrogen and oxygen atoms in total. The number of carbonyl (C=O) groups excluding carboxylic acids is 2. The van der Waals surface area contributed by atoms with Crippen LogP contribution in [0.15, 0.2) is 48.5 Å². The Morgan fingerprint density at radius 2 is 1.73 bits per heavy atom. The lowest BCUT2D eigenvalue weighted by Crippen LogP contribution is -2.30. The van der Waals surface area contributed by atoms with Crippen LogP contribution in [0.2, 0.25) is 0 Å². The van der Waals surface area contributed by atoms with Gasteiger partial charge in [0.1, 0.15) is 5.75 Å². The SMILES string of the molecule is COc1ccc(C(=O)O[C@@H](C)C(=O)Nc2cccc(C(F)(F)F)c2)cc1. The molecule has 1 atom stereocenters. The second-order valence-corrected chi connectivity index (χ2v) is 5.34. The first-order valence-electron chi connectivity index (χ1n) is 7.54. The van der Waals surface area contributed by atoms with E-state index in [0.29, 0.717) is 5.75 Å². The number of hydrogen-bond donors (Lipinski definition) is 1. The minimum atomic E-state index is -4.52. The molecule has 0 bridgehead atoms. The summed E-state index contributed by atoms with van der Waals surface area (Å²) in [5.74, 6) is -0.928. The number of carbonyl (C=O) groups is 2. The Kier molecular flexibility index (Phi) is 5.86. The Morgan fingerprint density at radius 1 is 1.08 bits per heavy atom. The van der Waals surface area contributed by atoms with Crippen LogP contribution >= 0.6 is 0 Å². The largest absolute Gasteiger partial charge is 0.497 e. The molecule has 0 aliphatic heterocycles. The Morgan fingerprint density at radius 3 is 2.31 bits per heavy atom. The Labute approximate surface area is 147 Å². The van der Waals surface area contributed by atoms with Crippen LogP contribution in [0.1, 0.15) is 22.8 Å². The number of alkyl halides is 3. The number of halogens is 3. The van der Waals surface area contributed by atoms with E-state index in [4.69, 9.17) is 9.47 Å². The molecule has 0 aromatic heterocycles. The maximum absolute atomic E-state index is 12.7. The van der Waals surface area contributed by atoms with Crippen molar-refractivity contribution < 1.29 is 32.2 Å². The van der Waals surface area contributed by atoms with Crippen molar-refractivity contribution in [2.24, 2.45) is 0 Å². The van der Waals surface area contributed by atoms with Gasteiger partial charge in [-0.25, -0.2) is 4.79 Å². The van der Waals surface area contributed by atoms with Crippen molar-refractivity contribution in [2.45, 2.75) is 19.2 Å². The molecule has 1 amide bonds. The number of nitrogens with one attached hydrogen (secondary N) is 1. The number of benzene rings is 2. The molecule has 8 heteroatoms. The average molecular weight is 367 g/mol. The van der Waals surface area contributed by atoms with Crippen molar-refractivity contribution in [2.75, 3.05) is 12.4 Å². The predicted molar refractivity (Wildman–Crippen MR) is 87.9 cm³/mol. The highest BCUT2D eigenvalue weighted by atomic mass is 19.4. The van der Waals surface area contributed by atoms with Crippen LogP contribution in [0, 0.1) is 0 Å². The molecule has 1 N–H and O–H groups in total. The first-order chi connectivity index (χ1) is 12.2. The van der Waals surface area contributed by atoms with Crippen molar-refractivity contribution in [1.29, 1.82) is 0 Å². The van der Waals surface area contributed by atoms with Crippen molar-refractivity contribution in [1.82, 2.24) is 0 Å². The van der Waals surface area contributed by atoms with Crippen molar-refractivity contribution >= 4 is 17.6 Å². The van der Waals surface area contributed by atoms with E-state index in [0.717, 1.165) is 12.1 Å². The quantitative estimate of drug-likeness (QED) is 0.814. The van der Waals surface area contributed by atoms with Crippen molar-refractivity contribution in [3.8, 4) is 5.75 Å². The molecule has 0 aliphatic carbocycles. The number of anilines is 1. The van der Waals surface area contributed by atoms with Crippen molar-refractivity contribution in [3.63, 3.8) is 0 Å². The molecule has 0 unspecified atom stereocenters. The third kappa shape index (κ3) is 4.98. The zero-order valence-corrected chi connectivity index (χ0v) is 14.0. The highest BCUT2D eigenvalue weighted by molar-refractivity contribution is 5.97. The van der Waals surface area contributed by atoms with E-state index in [2.05, 4.69) is 5.32 Å². The molecule has 0 saturated carbocycles. The monoisotopic (exact) mass is 367 g/mol. The fourth-order valence-corrected chi connectivity index (χ4v) is 2.03. The lowest BCUT2D eigenvalue weighted by atomic mass is 10.2. The van der Waals surface area contributed by atoms with Gasteiger partial charge >= 0.3 is 12.1 Å². The van der Waals surface area contributed by atoms with Gasteiger partial charge in [0.25, 0.3) is 5.91 Å². The average Bonchev–Trinajstić information content (AvgIpc) is 2.61. The number of ether oxygens (including phenoxy) is 2. The summed E-state index contributed by atoms with van der Waals surface area (Å²) in [5, 5.41) is 2.29. The summed E-state index contributed by atoms with van der Waals surface area (Å²) >= 11 is 0. The second kappa shape index (κ2) is 7.90. The smallest absolute Gasteiger partial charge is 0.416 e. The molecule has 0 heterocycles. The van der Waals surface area contributed by atoms with Gasteiger partial charge in [0.2, 0.25) is 0 Å². The van der Waals surface area contributed by atoms with Gasteiger partial charge in [-0.1, -0.05) is 6.07 Å². The van der Waals surface area contributed by atoms with Crippen LogP contribution in [0.5, 0.6) is 5.75 Å². The van der Waals surface area contributed by atoms with E-state index in [9.17, 15) is 22.8 Å². The van der Waals surface area contributed by atoms with Gasteiger partial charge in [-0.2, -0.15) is 13.2 Å². The summed E-state index contributed by atoms with van der Waals surface area (Å²) in [6.45, 7) is 1.32. The lowest BCUT2D eigenvalue weighted by Gasteiger charge is -2.14. The van der Waals surface area contributed by atoms with E-state index < -0.39 is 29.7 Å². The van der Waals surface area contributed by atoms with Crippen LogP contribution < -0.4 is 10.1 Å². The highest BCUT2D eigenvalue weighted by Crippen LogP contribution is 2.30. The van der Waals surface area contributed by atoms with E-state index in [1.165, 1.54) is 38.3 Å². The Balaban J connectivity index is 1.99. The second-order valence-electron chi connectivity index (χ2n) is 5.34. The maximum atomic E-state index is 12.7. The maximum Gasteiger partial charge on any atom is 0.416 e. The summed E-state index contributed by atoms with van der Waals surface area (Å²) in [6.07, 6.45) is -5.72. The first-order valence-corrected chi connectivity index (χ1v) is 7.54. The zero-order chi connectivity index (χ0) is 19.3. The summed E-state index contributed by atoms with van der Waals surface area (Å²) in [7, 11) is 1.48. The normalized spacial score (nSPS) is 12.2. The number of amides is 1. The Hall–Kier alpha value is -3.03. The molecule has 0 spiro atoms. The standard InChI is InChI=1S/C18H16F3NO4/c1-11(26-17(24)12-6-8-15(25-2)9-7-12)16(23)22-14-5-3-4-13(10-14)18(19,20)21/h3-11H,1-2H3,(H,22,23)/t11-/m0/s1.